The number of nitrogens with one attached hydrogen (secondary N) is 1. The molecule has 3 nitrogen and oxygen atoms in total. The molecular formula is C16H28N2O. The molecule has 0 saturated heterocycles. The summed E-state index contributed by atoms with van der Waals surface area (Å²) in [4.78, 5) is 0. The van der Waals surface area contributed by atoms with Gasteiger partial charge in [-0.3, -0.25) is 0 Å². The third kappa shape index (κ3) is 5.21. The van der Waals surface area contributed by atoms with Crippen LogP contribution in [0, 0.1) is 5.92 Å². The lowest BCUT2D eigenvalue weighted by Crippen LogP contribution is -2.20. The lowest BCUT2D eigenvalue weighted by atomic mass is 9.99. The quantitative estimate of drug-likeness (QED) is 0.710. The maximum atomic E-state index is 5.61. The summed E-state index contributed by atoms with van der Waals surface area (Å²) < 4.78 is 5.40. The van der Waals surface area contributed by atoms with Crippen LogP contribution < -0.4 is 15.8 Å². The van der Waals surface area contributed by atoms with E-state index >= 15 is 0 Å². The van der Waals surface area contributed by atoms with Gasteiger partial charge in [0.25, 0.3) is 0 Å². The second-order valence-corrected chi connectivity index (χ2v) is 5.54. The number of ether oxygens (including phenoxy) is 1. The van der Waals surface area contributed by atoms with E-state index in [1.165, 1.54) is 11.1 Å². The first-order chi connectivity index (χ1) is 9.08. The number of benzene rings is 1. The van der Waals surface area contributed by atoms with Gasteiger partial charge in [0.15, 0.2) is 0 Å². The average Bonchev–Trinajstić information content (AvgIpc) is 2.42. The molecule has 3 N–H and O–H groups in total. The predicted molar refractivity (Wildman–Crippen MR) is 81.6 cm³/mol. The Bertz CT molecular complexity index is 377. The van der Waals surface area contributed by atoms with Crippen molar-refractivity contribution in [1.29, 1.82) is 0 Å². The molecule has 1 atom stereocenters. The maximum Gasteiger partial charge on any atom is 0.122 e. The van der Waals surface area contributed by atoms with E-state index in [4.69, 9.17) is 10.5 Å². The molecule has 0 aromatic heterocycles. The van der Waals surface area contributed by atoms with Gasteiger partial charge in [-0.05, 0) is 48.5 Å². The van der Waals surface area contributed by atoms with Gasteiger partial charge in [-0.2, -0.15) is 0 Å². The number of methoxy groups -OCH3 is 1. The zero-order valence-electron chi connectivity index (χ0n) is 12.7. The van der Waals surface area contributed by atoms with Crippen LogP contribution in [0.25, 0.3) is 0 Å². The van der Waals surface area contributed by atoms with Crippen LogP contribution in [0.2, 0.25) is 0 Å². The summed E-state index contributed by atoms with van der Waals surface area (Å²) in [6.07, 6.45) is 1.13. The normalized spacial score (nSPS) is 12.7. The molecule has 0 heterocycles. The summed E-state index contributed by atoms with van der Waals surface area (Å²) in [6.45, 7) is 9.26. The SMILES string of the molecule is COc1ccc(CNCCC(C)CN)cc1C(C)C. The summed E-state index contributed by atoms with van der Waals surface area (Å²) in [7, 11) is 1.73. The Morgan fingerprint density at radius 1 is 1.26 bits per heavy atom. The van der Waals surface area contributed by atoms with Crippen LogP contribution in [0.4, 0.5) is 0 Å². The van der Waals surface area contributed by atoms with Gasteiger partial charge in [-0.25, -0.2) is 0 Å². The van der Waals surface area contributed by atoms with Crippen LogP contribution in [-0.2, 0) is 6.54 Å². The number of nitrogens with two attached hydrogens (primary N) is 1. The molecule has 0 saturated carbocycles. The molecule has 1 aromatic rings. The first kappa shape index (κ1) is 16.0. The molecule has 0 bridgehead atoms. The number of rotatable bonds is 8. The molecule has 0 aliphatic heterocycles. The van der Waals surface area contributed by atoms with Crippen molar-refractivity contribution in [3.63, 3.8) is 0 Å². The molecule has 3 heteroatoms. The van der Waals surface area contributed by atoms with Crippen LogP contribution in [-0.4, -0.2) is 20.2 Å². The summed E-state index contributed by atoms with van der Waals surface area (Å²) >= 11 is 0. The van der Waals surface area contributed by atoms with Crippen LogP contribution in [0.1, 0.15) is 44.2 Å². The van der Waals surface area contributed by atoms with Crippen molar-refractivity contribution in [3.8, 4) is 5.75 Å². The Labute approximate surface area is 117 Å². The van der Waals surface area contributed by atoms with Crippen molar-refractivity contribution in [1.82, 2.24) is 5.32 Å². The lowest BCUT2D eigenvalue weighted by molar-refractivity contribution is 0.407. The summed E-state index contributed by atoms with van der Waals surface area (Å²) in [6, 6.07) is 6.43. The minimum Gasteiger partial charge on any atom is -0.496 e. The molecule has 0 aliphatic rings. The minimum atomic E-state index is 0.479. The van der Waals surface area contributed by atoms with E-state index < -0.39 is 0 Å². The van der Waals surface area contributed by atoms with E-state index in [0.29, 0.717) is 11.8 Å². The van der Waals surface area contributed by atoms with Crippen molar-refractivity contribution in [2.45, 2.75) is 39.7 Å². The third-order valence-corrected chi connectivity index (χ3v) is 3.46. The van der Waals surface area contributed by atoms with Crippen molar-refractivity contribution >= 4 is 0 Å². The van der Waals surface area contributed by atoms with Crippen LogP contribution >= 0.6 is 0 Å². The van der Waals surface area contributed by atoms with Gasteiger partial charge in [0, 0.05) is 6.54 Å². The Morgan fingerprint density at radius 3 is 2.58 bits per heavy atom. The molecule has 0 amide bonds. The topological polar surface area (TPSA) is 47.3 Å². The minimum absolute atomic E-state index is 0.479. The molecule has 0 aliphatic carbocycles. The number of hydrogen-bond acceptors (Lipinski definition) is 3. The zero-order valence-corrected chi connectivity index (χ0v) is 12.7. The number of hydrogen-bond donors (Lipinski definition) is 2. The highest BCUT2D eigenvalue weighted by Gasteiger charge is 2.08. The van der Waals surface area contributed by atoms with Crippen molar-refractivity contribution in [3.05, 3.63) is 29.3 Å². The highest BCUT2D eigenvalue weighted by molar-refractivity contribution is 5.39. The fraction of sp³-hybridized carbons (Fsp3) is 0.625. The second kappa shape index (κ2) is 8.18. The van der Waals surface area contributed by atoms with E-state index in [-0.39, 0.29) is 0 Å². The smallest absolute Gasteiger partial charge is 0.122 e. The monoisotopic (exact) mass is 264 g/mol. The summed E-state index contributed by atoms with van der Waals surface area (Å²) in [5.41, 5.74) is 8.19. The van der Waals surface area contributed by atoms with Gasteiger partial charge in [0.05, 0.1) is 7.11 Å². The molecule has 19 heavy (non-hydrogen) atoms. The molecule has 1 aromatic carbocycles. The third-order valence-electron chi connectivity index (χ3n) is 3.46. The van der Waals surface area contributed by atoms with Crippen LogP contribution in [0.5, 0.6) is 5.75 Å². The van der Waals surface area contributed by atoms with E-state index in [0.717, 1.165) is 31.8 Å². The van der Waals surface area contributed by atoms with Crippen LogP contribution in [0.3, 0.4) is 0 Å². The highest BCUT2D eigenvalue weighted by atomic mass is 16.5. The molecule has 0 fully saturated rings. The largest absolute Gasteiger partial charge is 0.496 e. The van der Waals surface area contributed by atoms with E-state index in [9.17, 15) is 0 Å². The van der Waals surface area contributed by atoms with Gasteiger partial charge in [-0.15, -0.1) is 0 Å². The van der Waals surface area contributed by atoms with Gasteiger partial charge in [0.2, 0.25) is 0 Å². The van der Waals surface area contributed by atoms with E-state index in [1.54, 1.807) is 7.11 Å². The maximum absolute atomic E-state index is 5.61. The van der Waals surface area contributed by atoms with Gasteiger partial charge >= 0.3 is 0 Å². The van der Waals surface area contributed by atoms with Gasteiger partial charge in [-0.1, -0.05) is 32.9 Å². The molecule has 1 rings (SSSR count). The first-order valence-electron chi connectivity index (χ1n) is 7.16. The highest BCUT2D eigenvalue weighted by Crippen LogP contribution is 2.27. The summed E-state index contributed by atoms with van der Waals surface area (Å²) in [5, 5.41) is 3.47. The second-order valence-electron chi connectivity index (χ2n) is 5.54. The molecular weight excluding hydrogens is 236 g/mol. The summed E-state index contributed by atoms with van der Waals surface area (Å²) in [5.74, 6) is 2.05. The Hall–Kier alpha value is -1.06. The van der Waals surface area contributed by atoms with Crippen molar-refractivity contribution in [2.75, 3.05) is 20.2 Å². The first-order valence-corrected chi connectivity index (χ1v) is 7.16. The fourth-order valence-electron chi connectivity index (χ4n) is 2.04. The zero-order chi connectivity index (χ0) is 14.3. The van der Waals surface area contributed by atoms with E-state index in [1.807, 2.05) is 0 Å². The fourth-order valence-corrected chi connectivity index (χ4v) is 2.04. The predicted octanol–water partition coefficient (Wildman–Crippen LogP) is 2.89. The van der Waals surface area contributed by atoms with Crippen molar-refractivity contribution in [2.24, 2.45) is 11.7 Å². The molecule has 108 valence electrons. The Morgan fingerprint density at radius 2 is 2.00 bits per heavy atom. The Kier molecular flexibility index (Phi) is 6.89. The van der Waals surface area contributed by atoms with Gasteiger partial charge in [0.1, 0.15) is 5.75 Å². The van der Waals surface area contributed by atoms with E-state index in [2.05, 4.69) is 44.3 Å². The van der Waals surface area contributed by atoms with Crippen molar-refractivity contribution < 1.29 is 4.74 Å². The average molecular weight is 264 g/mol. The molecule has 1 unspecified atom stereocenters. The van der Waals surface area contributed by atoms with Gasteiger partial charge < -0.3 is 15.8 Å². The molecule has 0 spiro atoms. The standard InChI is InChI=1S/C16H28N2O/c1-12(2)15-9-14(5-6-16(15)19-4)11-18-8-7-13(3)10-17/h5-6,9,12-13,18H,7-8,10-11,17H2,1-4H3. The Balaban J connectivity index is 2.53. The van der Waals surface area contributed by atoms with Crippen LogP contribution in [0.15, 0.2) is 18.2 Å². The molecule has 0 radical (unpaired) electrons. The lowest BCUT2D eigenvalue weighted by Gasteiger charge is -2.14.